The summed E-state index contributed by atoms with van der Waals surface area (Å²) in [7, 11) is -14.0. The van der Waals surface area contributed by atoms with Crippen LogP contribution < -0.4 is 5.11 Å². The summed E-state index contributed by atoms with van der Waals surface area (Å²) in [6.45, 7) is 0. The van der Waals surface area contributed by atoms with Crippen LogP contribution in [-0.4, -0.2) is 27.6 Å². The van der Waals surface area contributed by atoms with E-state index in [1.807, 2.05) is 0 Å². The van der Waals surface area contributed by atoms with Crippen molar-refractivity contribution in [3.05, 3.63) is 4.13 Å². The highest BCUT2D eigenvalue weighted by Crippen LogP contribution is 2.29. The highest BCUT2D eigenvalue weighted by molar-refractivity contribution is 8.13. The third kappa shape index (κ3) is 4.95. The van der Waals surface area contributed by atoms with Crippen LogP contribution in [0.3, 0.4) is 0 Å². The third-order valence-corrected chi connectivity index (χ3v) is 3.95. The summed E-state index contributed by atoms with van der Waals surface area (Å²) < 4.78 is 86.5. The summed E-state index contributed by atoms with van der Waals surface area (Å²) >= 11 is 0. The number of alkyl halides is 2. The van der Waals surface area contributed by atoms with Crippen molar-refractivity contribution in [1.82, 2.24) is 0 Å². The van der Waals surface area contributed by atoms with E-state index in [1.165, 1.54) is 4.13 Å². The molecule has 0 N–H and O–H groups in total. The molecule has 0 aromatic rings. The molecule has 14 heteroatoms. The number of rotatable bonds is 5. The molecule has 0 aliphatic rings. The van der Waals surface area contributed by atoms with Gasteiger partial charge in [0.2, 0.25) is 21.4 Å². The molecule has 2 atom stereocenters. The average Bonchev–Trinajstić information content (AvgIpc) is 1.99. The fourth-order valence-corrected chi connectivity index (χ4v) is 2.41. The Balaban J connectivity index is 5.00. The first-order chi connectivity index (χ1) is 6.97. The number of nitrogens with zero attached hydrogens (tertiary/aromatic N) is 2. The standard InChI is InChI=1S/C2HF4N2O5S3/c3-1(9)7-14(10)2(4,5)15(11)8-16(6,12)13/h(H,7,9)/q-1/p-1. The van der Waals surface area contributed by atoms with Crippen LogP contribution in [0.25, 0.3) is 4.13 Å². The van der Waals surface area contributed by atoms with Gasteiger partial charge in [0.1, 0.15) is 0 Å². The molecule has 0 aromatic carbocycles. The van der Waals surface area contributed by atoms with Crippen molar-refractivity contribution in [1.29, 1.82) is 0 Å². The van der Waals surface area contributed by atoms with E-state index in [0.717, 1.165) is 0 Å². The van der Waals surface area contributed by atoms with Crippen LogP contribution in [0.15, 0.2) is 4.40 Å². The molecular weight excluding hydrogens is 304 g/mol. The van der Waals surface area contributed by atoms with Crippen LogP contribution in [0.5, 0.6) is 0 Å². The zero-order valence-corrected chi connectivity index (χ0v) is 9.12. The summed E-state index contributed by atoms with van der Waals surface area (Å²) in [5.41, 5.74) is 0. The van der Waals surface area contributed by atoms with Crippen molar-refractivity contribution in [2.45, 2.75) is 4.59 Å². The Hall–Kier alpha value is -0.600. The van der Waals surface area contributed by atoms with Gasteiger partial charge in [-0.2, -0.15) is 13.2 Å². The predicted octanol–water partition coefficient (Wildman–Crippen LogP) is -0.862. The smallest absolute Gasteiger partial charge is 0.399 e. The van der Waals surface area contributed by atoms with Crippen molar-refractivity contribution >= 4 is 38.5 Å². The summed E-state index contributed by atoms with van der Waals surface area (Å²) in [6, 6.07) is 0. The van der Waals surface area contributed by atoms with Gasteiger partial charge in [0.15, 0.2) is 6.15 Å². The molecule has 0 amide bonds. The molecule has 0 heterocycles. The Kier molecular flexibility index (Phi) is 4.96. The second kappa shape index (κ2) is 5.15. The second-order valence-corrected chi connectivity index (χ2v) is 5.68. The Morgan fingerprint density at radius 2 is 1.81 bits per heavy atom. The lowest BCUT2D eigenvalue weighted by Gasteiger charge is -2.20. The first-order valence-corrected chi connectivity index (χ1v) is 6.33. The van der Waals surface area contributed by atoms with E-state index in [2.05, 4.69) is 0 Å². The Morgan fingerprint density at radius 3 is 2.12 bits per heavy atom. The van der Waals surface area contributed by atoms with Crippen molar-refractivity contribution < 1.29 is 39.0 Å². The molecule has 2 unspecified atom stereocenters. The van der Waals surface area contributed by atoms with Crippen LogP contribution in [0, 0.1) is 0 Å². The van der Waals surface area contributed by atoms with Crippen molar-refractivity contribution in [2.24, 2.45) is 4.40 Å². The highest BCUT2D eigenvalue weighted by Gasteiger charge is 2.41. The molecule has 0 aliphatic carbocycles. The lowest BCUT2D eigenvalue weighted by molar-refractivity contribution is -0.232. The maximum absolute atomic E-state index is 12.6. The molecule has 0 aliphatic heterocycles. The minimum absolute atomic E-state index is 1.45. The monoisotopic (exact) mass is 304 g/mol. The van der Waals surface area contributed by atoms with E-state index in [-0.39, 0.29) is 0 Å². The number of halogens is 4. The van der Waals surface area contributed by atoms with Gasteiger partial charge in [-0.3, -0.25) is 4.21 Å². The van der Waals surface area contributed by atoms with Gasteiger partial charge >= 0.3 is 4.59 Å². The minimum atomic E-state index is -5.88. The minimum Gasteiger partial charge on any atom is -0.836 e. The van der Waals surface area contributed by atoms with Gasteiger partial charge in [-0.1, -0.05) is 0 Å². The van der Waals surface area contributed by atoms with Crippen molar-refractivity contribution in [3.63, 3.8) is 0 Å². The Labute approximate surface area is 91.1 Å². The normalized spacial score (nSPS) is 18.1. The predicted molar refractivity (Wildman–Crippen MR) is 43.2 cm³/mol. The van der Waals surface area contributed by atoms with Crippen LogP contribution >= 0.6 is 0 Å². The molecule has 0 saturated carbocycles. The SMILES string of the molecule is O=S(/N=C(\[O-])F)C(F)(F)S(=O)[N-]S(=O)(=O)F. The van der Waals surface area contributed by atoms with Gasteiger partial charge in [0.25, 0.3) is 0 Å². The van der Waals surface area contributed by atoms with E-state index in [4.69, 9.17) is 0 Å². The maximum atomic E-state index is 12.6. The van der Waals surface area contributed by atoms with Gasteiger partial charge in [-0.25, -0.2) is 17.0 Å². The Bertz CT molecular complexity index is 441. The van der Waals surface area contributed by atoms with E-state index in [1.54, 1.807) is 4.40 Å². The van der Waals surface area contributed by atoms with Crippen LogP contribution in [-0.2, 0) is 32.4 Å². The second-order valence-electron chi connectivity index (χ2n) is 1.79. The largest absolute Gasteiger partial charge is 0.836 e. The van der Waals surface area contributed by atoms with Crippen molar-refractivity contribution in [2.75, 3.05) is 0 Å². The lowest BCUT2D eigenvalue weighted by Crippen LogP contribution is -2.29. The molecule has 0 aromatic heterocycles. The van der Waals surface area contributed by atoms with Gasteiger partial charge in [0, 0.05) is 11.0 Å². The summed E-state index contributed by atoms with van der Waals surface area (Å²) in [5, 5.41) is 9.53. The quantitative estimate of drug-likeness (QED) is 0.283. The van der Waals surface area contributed by atoms with E-state index in [9.17, 15) is 39.0 Å². The van der Waals surface area contributed by atoms with Crippen LogP contribution in [0.4, 0.5) is 17.1 Å². The number of hydrogen-bond acceptors (Lipinski definition) is 5. The van der Waals surface area contributed by atoms with Crippen molar-refractivity contribution in [3.8, 4) is 0 Å². The number of hydrogen-bond donors (Lipinski definition) is 0. The summed E-state index contributed by atoms with van der Waals surface area (Å²) in [5.74, 6) is 0. The van der Waals surface area contributed by atoms with E-state index >= 15 is 0 Å². The third-order valence-electron chi connectivity index (χ3n) is 0.718. The zero-order valence-electron chi connectivity index (χ0n) is 6.67. The molecule has 96 valence electrons. The van der Waals surface area contributed by atoms with Crippen LogP contribution in [0.1, 0.15) is 0 Å². The highest BCUT2D eigenvalue weighted by atomic mass is 32.3. The molecule has 0 saturated heterocycles. The fraction of sp³-hybridized carbons (Fsp3) is 0.500. The molecule has 0 rings (SSSR count). The Morgan fingerprint density at radius 1 is 1.38 bits per heavy atom. The average molecular weight is 304 g/mol. The van der Waals surface area contributed by atoms with Gasteiger partial charge < -0.3 is 9.23 Å². The molecular formula is C2F4N2O5S3-2. The molecule has 0 fully saturated rings. The fourth-order valence-electron chi connectivity index (χ4n) is 0.304. The molecule has 0 bridgehead atoms. The van der Waals surface area contributed by atoms with Crippen LogP contribution in [0.2, 0.25) is 0 Å². The maximum Gasteiger partial charge on any atom is 0.399 e. The van der Waals surface area contributed by atoms with Gasteiger partial charge in [0.05, 0.1) is 0 Å². The first-order valence-electron chi connectivity index (χ1n) is 2.77. The molecule has 0 radical (unpaired) electrons. The molecule has 7 nitrogen and oxygen atoms in total. The zero-order chi connectivity index (χ0) is 13.1. The van der Waals surface area contributed by atoms with Gasteiger partial charge in [-0.05, 0) is 0 Å². The van der Waals surface area contributed by atoms with Gasteiger partial charge in [-0.15, -0.1) is 3.89 Å². The summed E-state index contributed by atoms with van der Waals surface area (Å²) in [6.07, 6.45) is -2.77. The molecule has 16 heavy (non-hydrogen) atoms. The lowest BCUT2D eigenvalue weighted by atomic mass is 11.5. The van der Waals surface area contributed by atoms with E-state index in [0.29, 0.717) is 0 Å². The molecule has 0 spiro atoms. The summed E-state index contributed by atoms with van der Waals surface area (Å²) in [4.78, 5) is 0. The first kappa shape index (κ1) is 15.4. The van der Waals surface area contributed by atoms with E-state index < -0.39 is 43.1 Å². The topological polar surface area (TPSA) is 118 Å².